The molecule has 0 spiro atoms. The standard InChI is InChI=1S/C17H23NOS/c1-20-11-5-4-10-18-13-17(19)16-9-8-14-6-2-3-7-15(14)12-16/h2-3,6-9,12,17-19H,4-5,10-11,13H2,1H3. The quantitative estimate of drug-likeness (QED) is 0.728. The summed E-state index contributed by atoms with van der Waals surface area (Å²) in [5, 5.41) is 15.9. The van der Waals surface area contributed by atoms with Crippen LogP contribution in [-0.2, 0) is 0 Å². The number of unbranched alkanes of at least 4 members (excludes halogenated alkanes) is 1. The van der Waals surface area contributed by atoms with E-state index in [2.05, 4.69) is 35.8 Å². The van der Waals surface area contributed by atoms with Crippen molar-refractivity contribution >= 4 is 22.5 Å². The molecule has 0 heterocycles. The number of nitrogens with one attached hydrogen (secondary N) is 1. The van der Waals surface area contributed by atoms with Crippen molar-refractivity contribution < 1.29 is 5.11 Å². The second-order valence-electron chi connectivity index (χ2n) is 5.03. The van der Waals surface area contributed by atoms with Crippen LogP contribution in [0.4, 0.5) is 0 Å². The first-order valence-electron chi connectivity index (χ1n) is 7.17. The molecule has 1 unspecified atom stereocenters. The van der Waals surface area contributed by atoms with Gasteiger partial charge in [-0.15, -0.1) is 0 Å². The van der Waals surface area contributed by atoms with Gasteiger partial charge >= 0.3 is 0 Å². The van der Waals surface area contributed by atoms with Crippen molar-refractivity contribution in [2.75, 3.05) is 25.1 Å². The number of thioether (sulfide) groups is 1. The number of benzene rings is 2. The van der Waals surface area contributed by atoms with Crippen LogP contribution in [0, 0.1) is 0 Å². The molecule has 0 amide bonds. The average Bonchev–Trinajstić information content (AvgIpc) is 2.50. The van der Waals surface area contributed by atoms with Gasteiger partial charge < -0.3 is 10.4 Å². The Morgan fingerprint density at radius 3 is 2.70 bits per heavy atom. The second kappa shape index (κ2) is 8.30. The van der Waals surface area contributed by atoms with Crippen LogP contribution in [0.25, 0.3) is 10.8 Å². The fraction of sp³-hybridized carbons (Fsp3) is 0.412. The van der Waals surface area contributed by atoms with Crippen molar-refractivity contribution in [3.8, 4) is 0 Å². The normalized spacial score (nSPS) is 12.7. The third-order valence-electron chi connectivity index (χ3n) is 3.45. The monoisotopic (exact) mass is 289 g/mol. The van der Waals surface area contributed by atoms with E-state index in [-0.39, 0.29) is 0 Å². The van der Waals surface area contributed by atoms with E-state index in [4.69, 9.17) is 0 Å². The Morgan fingerprint density at radius 2 is 1.90 bits per heavy atom. The molecule has 2 aromatic rings. The Bertz CT molecular complexity index is 529. The maximum atomic E-state index is 10.2. The molecule has 0 aliphatic rings. The lowest BCUT2D eigenvalue weighted by molar-refractivity contribution is 0.175. The highest BCUT2D eigenvalue weighted by molar-refractivity contribution is 7.98. The summed E-state index contributed by atoms with van der Waals surface area (Å²) in [4.78, 5) is 0. The van der Waals surface area contributed by atoms with Crippen molar-refractivity contribution in [1.29, 1.82) is 0 Å². The zero-order valence-electron chi connectivity index (χ0n) is 12.0. The van der Waals surface area contributed by atoms with E-state index in [9.17, 15) is 5.11 Å². The Kier molecular flexibility index (Phi) is 6.37. The van der Waals surface area contributed by atoms with Gasteiger partial charge in [0.15, 0.2) is 0 Å². The van der Waals surface area contributed by atoms with Gasteiger partial charge in [-0.25, -0.2) is 0 Å². The fourth-order valence-corrected chi connectivity index (χ4v) is 2.76. The predicted octanol–water partition coefficient (Wildman–Crippen LogP) is 3.61. The zero-order chi connectivity index (χ0) is 14.2. The van der Waals surface area contributed by atoms with E-state index in [0.29, 0.717) is 6.54 Å². The van der Waals surface area contributed by atoms with E-state index in [1.54, 1.807) is 0 Å². The van der Waals surface area contributed by atoms with Crippen molar-refractivity contribution in [3.05, 3.63) is 48.0 Å². The summed E-state index contributed by atoms with van der Waals surface area (Å²) < 4.78 is 0. The summed E-state index contributed by atoms with van der Waals surface area (Å²) in [6.07, 6.45) is 4.11. The van der Waals surface area contributed by atoms with Crippen molar-refractivity contribution in [2.45, 2.75) is 18.9 Å². The molecule has 2 nitrogen and oxygen atoms in total. The van der Waals surface area contributed by atoms with E-state index in [1.807, 2.05) is 30.0 Å². The summed E-state index contributed by atoms with van der Waals surface area (Å²) in [5.41, 5.74) is 0.986. The molecule has 3 heteroatoms. The minimum absolute atomic E-state index is 0.430. The lowest BCUT2D eigenvalue weighted by Crippen LogP contribution is -2.22. The maximum absolute atomic E-state index is 10.2. The van der Waals surface area contributed by atoms with Gasteiger partial charge in [0.1, 0.15) is 0 Å². The van der Waals surface area contributed by atoms with Gasteiger partial charge in [-0.3, -0.25) is 0 Å². The van der Waals surface area contributed by atoms with Crippen LogP contribution in [0.5, 0.6) is 0 Å². The zero-order valence-corrected chi connectivity index (χ0v) is 12.8. The molecule has 0 saturated heterocycles. The van der Waals surface area contributed by atoms with Crippen LogP contribution in [-0.4, -0.2) is 30.2 Å². The van der Waals surface area contributed by atoms with Gasteiger partial charge in [0.05, 0.1) is 6.10 Å². The predicted molar refractivity (Wildman–Crippen MR) is 89.4 cm³/mol. The molecule has 0 bridgehead atoms. The fourth-order valence-electron chi connectivity index (χ4n) is 2.27. The minimum Gasteiger partial charge on any atom is -0.387 e. The molecule has 0 aliphatic heterocycles. The number of hydrogen-bond donors (Lipinski definition) is 2. The van der Waals surface area contributed by atoms with Crippen LogP contribution >= 0.6 is 11.8 Å². The molecule has 0 fully saturated rings. The highest BCUT2D eigenvalue weighted by Gasteiger charge is 2.07. The van der Waals surface area contributed by atoms with Crippen molar-refractivity contribution in [1.82, 2.24) is 5.32 Å². The van der Waals surface area contributed by atoms with Crippen LogP contribution in [0.1, 0.15) is 24.5 Å². The largest absolute Gasteiger partial charge is 0.387 e. The third kappa shape index (κ3) is 4.51. The average molecular weight is 289 g/mol. The number of fused-ring (bicyclic) bond motifs is 1. The number of aliphatic hydroxyl groups excluding tert-OH is 1. The van der Waals surface area contributed by atoms with Gasteiger partial charge in [-0.05, 0) is 53.8 Å². The summed E-state index contributed by atoms with van der Waals surface area (Å²) in [6.45, 7) is 1.60. The minimum atomic E-state index is -0.430. The van der Waals surface area contributed by atoms with Crippen LogP contribution in [0.2, 0.25) is 0 Å². The highest BCUT2D eigenvalue weighted by atomic mass is 32.2. The smallest absolute Gasteiger partial charge is 0.0914 e. The lowest BCUT2D eigenvalue weighted by Gasteiger charge is -2.13. The first-order valence-corrected chi connectivity index (χ1v) is 8.57. The number of rotatable bonds is 8. The maximum Gasteiger partial charge on any atom is 0.0914 e. The molecule has 0 saturated carbocycles. The third-order valence-corrected chi connectivity index (χ3v) is 4.14. The van der Waals surface area contributed by atoms with Crippen molar-refractivity contribution in [3.63, 3.8) is 0 Å². The molecule has 2 aromatic carbocycles. The first kappa shape index (κ1) is 15.4. The molecular formula is C17H23NOS. The summed E-state index contributed by atoms with van der Waals surface area (Å²) in [7, 11) is 0. The SMILES string of the molecule is CSCCCCNCC(O)c1ccc2ccccc2c1. The Morgan fingerprint density at radius 1 is 1.10 bits per heavy atom. The molecule has 1 atom stereocenters. The van der Waals surface area contributed by atoms with Gasteiger partial charge in [-0.1, -0.05) is 36.4 Å². The van der Waals surface area contributed by atoms with E-state index < -0.39 is 6.10 Å². The summed E-state index contributed by atoms with van der Waals surface area (Å²) in [5.74, 6) is 1.22. The highest BCUT2D eigenvalue weighted by Crippen LogP contribution is 2.20. The molecule has 20 heavy (non-hydrogen) atoms. The van der Waals surface area contributed by atoms with Gasteiger partial charge in [0.2, 0.25) is 0 Å². The second-order valence-corrected chi connectivity index (χ2v) is 6.01. The molecule has 2 rings (SSSR count). The number of hydrogen-bond acceptors (Lipinski definition) is 3. The molecule has 0 aromatic heterocycles. The summed E-state index contributed by atoms with van der Waals surface area (Å²) >= 11 is 1.89. The first-order chi connectivity index (χ1) is 9.81. The van der Waals surface area contributed by atoms with E-state index >= 15 is 0 Å². The van der Waals surface area contributed by atoms with Gasteiger partial charge in [-0.2, -0.15) is 11.8 Å². The Balaban J connectivity index is 1.83. The van der Waals surface area contributed by atoms with Gasteiger partial charge in [0.25, 0.3) is 0 Å². The van der Waals surface area contributed by atoms with Crippen LogP contribution in [0.3, 0.4) is 0 Å². The molecule has 0 aliphatic carbocycles. The molecule has 0 radical (unpaired) electrons. The number of aliphatic hydroxyl groups is 1. The van der Waals surface area contributed by atoms with Crippen molar-refractivity contribution in [2.24, 2.45) is 0 Å². The molecule has 108 valence electrons. The topological polar surface area (TPSA) is 32.3 Å². The van der Waals surface area contributed by atoms with E-state index in [0.717, 1.165) is 12.1 Å². The van der Waals surface area contributed by atoms with E-state index in [1.165, 1.54) is 29.4 Å². The Hall–Kier alpha value is -1.03. The summed E-state index contributed by atoms with van der Waals surface area (Å²) in [6, 6.07) is 14.4. The lowest BCUT2D eigenvalue weighted by atomic mass is 10.0. The van der Waals surface area contributed by atoms with Crippen LogP contribution in [0.15, 0.2) is 42.5 Å². The molecular weight excluding hydrogens is 266 g/mol. The van der Waals surface area contributed by atoms with Crippen LogP contribution < -0.4 is 5.32 Å². The van der Waals surface area contributed by atoms with Gasteiger partial charge in [0, 0.05) is 6.54 Å². The molecule has 2 N–H and O–H groups in total. The Labute approximate surface area is 125 Å².